The molecule has 0 bridgehead atoms. The number of esters is 1. The van der Waals surface area contributed by atoms with Crippen molar-refractivity contribution in [3.63, 3.8) is 0 Å². The highest BCUT2D eigenvalue weighted by Crippen LogP contribution is 2.45. The second-order valence-corrected chi connectivity index (χ2v) is 9.47. The molecule has 0 aliphatic carbocycles. The fourth-order valence-corrected chi connectivity index (χ4v) is 4.41. The van der Waals surface area contributed by atoms with Gasteiger partial charge in [0.15, 0.2) is 11.5 Å². The van der Waals surface area contributed by atoms with E-state index in [4.69, 9.17) is 18.9 Å². The number of hydrogen-bond donors (Lipinski definition) is 1. The molecule has 34 heavy (non-hydrogen) atoms. The number of fused-ring (bicyclic) bond motifs is 2. The van der Waals surface area contributed by atoms with Crippen LogP contribution < -0.4 is 14.2 Å². The molecule has 0 saturated heterocycles. The molecule has 3 aromatic rings. The number of methoxy groups -OCH3 is 1. The van der Waals surface area contributed by atoms with E-state index in [9.17, 15) is 9.90 Å². The van der Waals surface area contributed by atoms with Crippen LogP contribution in [0.1, 0.15) is 53.4 Å². The SMILES string of the molecule is COc1c(C(O)CC(C)C)ccc2c1C(=O)OCc1cc(Br)cc(OCc3ccccc3)c1O2. The van der Waals surface area contributed by atoms with Crippen LogP contribution in [0.3, 0.4) is 0 Å². The first-order chi connectivity index (χ1) is 16.4. The second kappa shape index (κ2) is 10.5. The van der Waals surface area contributed by atoms with Crippen molar-refractivity contribution in [3.8, 4) is 23.0 Å². The van der Waals surface area contributed by atoms with Crippen molar-refractivity contribution in [2.45, 2.75) is 39.6 Å². The van der Waals surface area contributed by atoms with Crippen molar-refractivity contribution < 1.29 is 28.8 Å². The molecule has 0 aromatic heterocycles. The van der Waals surface area contributed by atoms with E-state index in [-0.39, 0.29) is 29.6 Å². The summed E-state index contributed by atoms with van der Waals surface area (Å²) in [6.45, 7) is 4.39. The van der Waals surface area contributed by atoms with E-state index in [1.807, 2.05) is 56.3 Å². The standard InChI is InChI=1S/C27H27BrO6/c1-16(2)11-21(29)20-9-10-22-24(26(20)31-3)27(30)33-15-18-12-19(28)13-23(25(18)34-22)32-14-17-7-5-4-6-8-17/h4-10,12-13,16,21,29H,11,14-15H2,1-3H3. The van der Waals surface area contributed by atoms with Gasteiger partial charge in [0.2, 0.25) is 0 Å². The van der Waals surface area contributed by atoms with Gasteiger partial charge in [0.25, 0.3) is 0 Å². The summed E-state index contributed by atoms with van der Waals surface area (Å²) >= 11 is 3.50. The molecule has 178 valence electrons. The van der Waals surface area contributed by atoms with E-state index in [1.165, 1.54) is 7.11 Å². The van der Waals surface area contributed by atoms with Crippen molar-refractivity contribution in [3.05, 3.63) is 81.3 Å². The zero-order valence-electron chi connectivity index (χ0n) is 19.3. The molecule has 0 fully saturated rings. The molecule has 1 N–H and O–H groups in total. The van der Waals surface area contributed by atoms with E-state index in [1.54, 1.807) is 12.1 Å². The lowest BCUT2D eigenvalue weighted by atomic mass is 9.96. The predicted octanol–water partition coefficient (Wildman–Crippen LogP) is 6.58. The molecule has 6 nitrogen and oxygen atoms in total. The number of aliphatic hydroxyl groups excluding tert-OH is 1. The fourth-order valence-electron chi connectivity index (χ4n) is 3.93. The minimum atomic E-state index is -0.786. The summed E-state index contributed by atoms with van der Waals surface area (Å²) in [6, 6.07) is 16.9. The molecular formula is C27H27BrO6. The molecular weight excluding hydrogens is 500 g/mol. The first-order valence-corrected chi connectivity index (χ1v) is 11.9. The van der Waals surface area contributed by atoms with Gasteiger partial charge in [0.1, 0.15) is 30.3 Å². The number of halogens is 1. The Kier molecular flexibility index (Phi) is 7.44. The number of benzene rings is 3. The molecule has 1 aliphatic rings. The Labute approximate surface area is 207 Å². The van der Waals surface area contributed by atoms with Gasteiger partial charge >= 0.3 is 5.97 Å². The lowest BCUT2D eigenvalue weighted by Crippen LogP contribution is -2.15. The molecule has 1 aliphatic heterocycles. The van der Waals surface area contributed by atoms with Gasteiger partial charge in [0.05, 0.1) is 13.2 Å². The third kappa shape index (κ3) is 5.21. The Morgan fingerprint density at radius 1 is 1.12 bits per heavy atom. The Hall–Kier alpha value is -3.03. The highest BCUT2D eigenvalue weighted by Gasteiger charge is 2.30. The van der Waals surface area contributed by atoms with Gasteiger partial charge in [-0.05, 0) is 42.2 Å². The van der Waals surface area contributed by atoms with Crippen molar-refractivity contribution in [1.82, 2.24) is 0 Å². The monoisotopic (exact) mass is 526 g/mol. The minimum Gasteiger partial charge on any atom is -0.495 e. The number of carbonyl (C=O) groups excluding carboxylic acids is 1. The molecule has 7 heteroatoms. The largest absolute Gasteiger partial charge is 0.495 e. The van der Waals surface area contributed by atoms with Crippen molar-refractivity contribution in [2.24, 2.45) is 5.92 Å². The molecule has 3 aromatic carbocycles. The summed E-state index contributed by atoms with van der Waals surface area (Å²) in [6.07, 6.45) is -0.258. The van der Waals surface area contributed by atoms with E-state index in [0.29, 0.717) is 35.7 Å². The van der Waals surface area contributed by atoms with Crippen LogP contribution in [0, 0.1) is 5.92 Å². The molecule has 4 rings (SSSR count). The molecule has 0 spiro atoms. The van der Waals surface area contributed by atoms with Gasteiger partial charge in [-0.25, -0.2) is 4.79 Å². The maximum absolute atomic E-state index is 13.0. The summed E-state index contributed by atoms with van der Waals surface area (Å²) in [7, 11) is 1.46. The van der Waals surface area contributed by atoms with E-state index in [0.717, 1.165) is 10.0 Å². The Morgan fingerprint density at radius 2 is 1.88 bits per heavy atom. The lowest BCUT2D eigenvalue weighted by Gasteiger charge is -2.24. The summed E-state index contributed by atoms with van der Waals surface area (Å²) in [5.74, 6) is 1.19. The van der Waals surface area contributed by atoms with Gasteiger partial charge in [-0.2, -0.15) is 0 Å². The molecule has 1 unspecified atom stereocenters. The van der Waals surface area contributed by atoms with Crippen LogP contribution in [0.25, 0.3) is 0 Å². The van der Waals surface area contributed by atoms with Crippen LogP contribution in [-0.2, 0) is 18.0 Å². The van der Waals surface area contributed by atoms with Crippen LogP contribution in [0.2, 0.25) is 0 Å². The van der Waals surface area contributed by atoms with Gasteiger partial charge in [0, 0.05) is 15.6 Å². The van der Waals surface area contributed by atoms with Gasteiger partial charge in [-0.1, -0.05) is 60.1 Å². The van der Waals surface area contributed by atoms with Crippen molar-refractivity contribution >= 4 is 21.9 Å². The first kappa shape index (κ1) is 24.1. The Morgan fingerprint density at radius 3 is 2.59 bits per heavy atom. The number of hydrogen-bond acceptors (Lipinski definition) is 6. The average molecular weight is 527 g/mol. The van der Waals surface area contributed by atoms with Crippen LogP contribution in [0.15, 0.2) is 59.1 Å². The lowest BCUT2D eigenvalue weighted by molar-refractivity contribution is 0.0453. The van der Waals surface area contributed by atoms with E-state index in [2.05, 4.69) is 15.9 Å². The highest BCUT2D eigenvalue weighted by atomic mass is 79.9. The zero-order valence-corrected chi connectivity index (χ0v) is 20.9. The highest BCUT2D eigenvalue weighted by molar-refractivity contribution is 9.10. The molecule has 0 amide bonds. The predicted molar refractivity (Wildman–Crippen MR) is 132 cm³/mol. The van der Waals surface area contributed by atoms with E-state index < -0.39 is 12.1 Å². The first-order valence-electron chi connectivity index (χ1n) is 11.1. The number of rotatable bonds is 7. The quantitative estimate of drug-likeness (QED) is 0.350. The van der Waals surface area contributed by atoms with Crippen LogP contribution in [0.5, 0.6) is 23.0 Å². The third-order valence-corrected chi connectivity index (χ3v) is 5.97. The maximum atomic E-state index is 13.0. The molecule has 1 heterocycles. The number of ether oxygens (including phenoxy) is 4. The van der Waals surface area contributed by atoms with Gasteiger partial charge < -0.3 is 24.1 Å². The molecule has 0 radical (unpaired) electrons. The summed E-state index contributed by atoms with van der Waals surface area (Å²) < 4.78 is 24.3. The maximum Gasteiger partial charge on any atom is 0.346 e. The summed E-state index contributed by atoms with van der Waals surface area (Å²) in [5, 5.41) is 10.7. The third-order valence-electron chi connectivity index (χ3n) is 5.52. The summed E-state index contributed by atoms with van der Waals surface area (Å²) in [5.41, 5.74) is 2.34. The number of aliphatic hydroxyl groups is 1. The van der Waals surface area contributed by atoms with Gasteiger partial charge in [-0.3, -0.25) is 0 Å². The smallest absolute Gasteiger partial charge is 0.346 e. The van der Waals surface area contributed by atoms with Crippen LogP contribution in [-0.4, -0.2) is 18.2 Å². The number of carbonyl (C=O) groups is 1. The van der Waals surface area contributed by atoms with Crippen LogP contribution >= 0.6 is 15.9 Å². The van der Waals surface area contributed by atoms with E-state index >= 15 is 0 Å². The zero-order chi connectivity index (χ0) is 24.2. The topological polar surface area (TPSA) is 74.2 Å². The Bertz CT molecular complexity index is 1180. The van der Waals surface area contributed by atoms with Crippen molar-refractivity contribution in [1.29, 1.82) is 0 Å². The summed E-state index contributed by atoms with van der Waals surface area (Å²) in [4.78, 5) is 13.0. The minimum absolute atomic E-state index is 0.00330. The van der Waals surface area contributed by atoms with Crippen LogP contribution in [0.4, 0.5) is 0 Å². The molecule has 1 atom stereocenters. The van der Waals surface area contributed by atoms with Gasteiger partial charge in [-0.15, -0.1) is 0 Å². The fraction of sp³-hybridized carbons (Fsp3) is 0.296. The molecule has 0 saturated carbocycles. The normalized spacial score (nSPS) is 13.6. The second-order valence-electron chi connectivity index (χ2n) is 8.55. The van der Waals surface area contributed by atoms with Crippen molar-refractivity contribution in [2.75, 3.05) is 7.11 Å². The average Bonchev–Trinajstić information content (AvgIpc) is 2.81. The number of cyclic esters (lactones) is 1. The Balaban J connectivity index is 1.75.